The molecule has 0 aliphatic heterocycles. The first-order valence-corrected chi connectivity index (χ1v) is 4.40. The van der Waals surface area contributed by atoms with Crippen LogP contribution in [0.4, 0.5) is 5.69 Å². The summed E-state index contributed by atoms with van der Waals surface area (Å²) >= 11 is 0. The van der Waals surface area contributed by atoms with Crippen LogP contribution in [0.15, 0.2) is 30.3 Å². The van der Waals surface area contributed by atoms with Crippen LogP contribution in [0.5, 0.6) is 0 Å². The number of likely N-dealkylation sites (N-methyl/N-ethyl adjacent to an activating group) is 1. The van der Waals surface area contributed by atoms with Crippen LogP contribution in [0.3, 0.4) is 0 Å². The summed E-state index contributed by atoms with van der Waals surface area (Å²) in [6, 6.07) is 10.1. The molecule has 0 saturated heterocycles. The van der Waals surface area contributed by atoms with Crippen molar-refractivity contribution in [3.8, 4) is 0 Å². The van der Waals surface area contributed by atoms with Crippen molar-refractivity contribution in [3.63, 3.8) is 0 Å². The summed E-state index contributed by atoms with van der Waals surface area (Å²) in [6.07, 6.45) is 0. The number of Topliss-reactive ketones (excluding diaryl/α,β-unsaturated/α-hetero) is 1. The van der Waals surface area contributed by atoms with E-state index in [2.05, 4.69) is 0 Å². The summed E-state index contributed by atoms with van der Waals surface area (Å²) in [7, 11) is 4.08. The Morgan fingerprint density at radius 1 is 1.21 bits per heavy atom. The number of quaternary nitrogens is 1. The maximum atomic E-state index is 11.0. The van der Waals surface area contributed by atoms with E-state index in [1.807, 2.05) is 44.4 Å². The fourth-order valence-electron chi connectivity index (χ4n) is 1.48. The first-order valence-electron chi connectivity index (χ1n) is 4.40. The van der Waals surface area contributed by atoms with Crippen LogP contribution in [0, 0.1) is 0 Å². The number of carbonyl (C=O) groups is 1. The van der Waals surface area contributed by atoms with Crippen LogP contribution < -0.4 is 4.48 Å². The number of hydrogen-bond donors (Lipinski definition) is 0. The van der Waals surface area contributed by atoms with Gasteiger partial charge in [0.05, 0.1) is 14.1 Å². The molecule has 0 atom stereocenters. The Morgan fingerprint density at radius 2 is 1.71 bits per heavy atom. The van der Waals surface area contributed by atoms with E-state index in [0.29, 0.717) is 11.0 Å². The molecule has 1 aromatic rings. The van der Waals surface area contributed by atoms with E-state index in [9.17, 15) is 4.79 Å². The van der Waals surface area contributed by atoms with Crippen LogP contribution in [-0.4, -0.2) is 50.3 Å². The van der Waals surface area contributed by atoms with Gasteiger partial charge in [-0.15, -0.1) is 0 Å². The molecular weight excluding hydrogens is 281 g/mol. The van der Waals surface area contributed by atoms with Gasteiger partial charge in [0, 0.05) is 6.92 Å². The molecule has 1 rings (SSSR count). The van der Waals surface area contributed by atoms with Crippen molar-refractivity contribution in [1.82, 2.24) is 4.48 Å². The van der Waals surface area contributed by atoms with Crippen molar-refractivity contribution in [2.75, 3.05) is 20.6 Å². The van der Waals surface area contributed by atoms with Crippen molar-refractivity contribution in [2.45, 2.75) is 6.92 Å². The van der Waals surface area contributed by atoms with Gasteiger partial charge in [-0.3, -0.25) is 9.28 Å². The minimum atomic E-state index is 0. The second kappa shape index (κ2) is 5.51. The molecule has 0 saturated carbocycles. The molecule has 0 unspecified atom stereocenters. The minimum absolute atomic E-state index is 0. The number of ketones is 1. The van der Waals surface area contributed by atoms with E-state index in [-0.39, 0.29) is 29.7 Å². The molecule has 78 valence electrons. The molecule has 2 nitrogen and oxygen atoms in total. The van der Waals surface area contributed by atoms with E-state index >= 15 is 0 Å². The molecule has 0 fully saturated rings. The topological polar surface area (TPSA) is 17.1 Å². The first kappa shape index (κ1) is 13.6. The number of para-hydroxylation sites is 1. The van der Waals surface area contributed by atoms with E-state index in [1.54, 1.807) is 6.92 Å². The van der Waals surface area contributed by atoms with Gasteiger partial charge in [-0.05, 0) is 12.1 Å². The first-order chi connectivity index (χ1) is 6.02. The summed E-state index contributed by atoms with van der Waals surface area (Å²) in [5.41, 5.74) is 1.16. The maximum absolute atomic E-state index is 11.0. The SMILES string of the molecule is CC(=O)C[N+](C)(C)c1ccccc1.[SnH4]. The zero-order valence-corrected chi connectivity index (χ0v) is 8.45. The number of rotatable bonds is 3. The van der Waals surface area contributed by atoms with Gasteiger partial charge in [-0.1, -0.05) is 18.2 Å². The van der Waals surface area contributed by atoms with Gasteiger partial charge in [0.2, 0.25) is 0 Å². The normalized spacial score (nSPS) is 10.5. The second-order valence-electron chi connectivity index (χ2n) is 3.88. The fraction of sp³-hybridized carbons (Fsp3) is 0.364. The standard InChI is InChI=1S/C11H16NO.Sn.4H/c1-10(13)9-12(2,3)11-7-5-4-6-8-11;;;;;/h4-8H,9H2,1-3H3;;;;;/q+1;;;;;. The van der Waals surface area contributed by atoms with Gasteiger partial charge in [0.25, 0.3) is 0 Å². The summed E-state index contributed by atoms with van der Waals surface area (Å²) in [5.74, 6) is 0.217. The van der Waals surface area contributed by atoms with Crippen LogP contribution in [-0.2, 0) is 4.79 Å². The number of benzene rings is 1. The Kier molecular flexibility index (Phi) is 5.37. The van der Waals surface area contributed by atoms with Gasteiger partial charge in [-0.25, -0.2) is 0 Å². The van der Waals surface area contributed by atoms with Crippen LogP contribution >= 0.6 is 0 Å². The molecule has 0 spiro atoms. The molecular formula is C11H20NOSn+. The average molecular weight is 301 g/mol. The van der Waals surface area contributed by atoms with Gasteiger partial charge < -0.3 is 0 Å². The molecule has 3 heteroatoms. The van der Waals surface area contributed by atoms with Gasteiger partial charge in [0.15, 0.2) is 5.78 Å². The Bertz CT molecular complexity index is 295. The monoisotopic (exact) mass is 302 g/mol. The van der Waals surface area contributed by atoms with Crippen LogP contribution in [0.2, 0.25) is 0 Å². The molecule has 0 amide bonds. The molecule has 0 aromatic heterocycles. The molecule has 0 aliphatic carbocycles. The zero-order chi connectivity index (χ0) is 9.90. The predicted octanol–water partition coefficient (Wildman–Crippen LogP) is 0.391. The van der Waals surface area contributed by atoms with Gasteiger partial charge in [0.1, 0.15) is 12.2 Å². The Labute approximate surface area is 102 Å². The predicted molar refractivity (Wildman–Crippen MR) is 67.0 cm³/mol. The molecule has 0 N–H and O–H groups in total. The number of hydrogen-bond acceptors (Lipinski definition) is 1. The molecule has 0 bridgehead atoms. The molecule has 14 heavy (non-hydrogen) atoms. The second-order valence-corrected chi connectivity index (χ2v) is 3.88. The third kappa shape index (κ3) is 3.80. The summed E-state index contributed by atoms with van der Waals surface area (Å²) < 4.78 is 0.621. The van der Waals surface area contributed by atoms with Crippen LogP contribution in [0.1, 0.15) is 6.92 Å². The van der Waals surface area contributed by atoms with E-state index < -0.39 is 0 Å². The fourth-order valence-corrected chi connectivity index (χ4v) is 1.48. The Hall–Kier alpha value is -0.351. The average Bonchev–Trinajstić information content (AvgIpc) is 2.04. The molecule has 1 aromatic carbocycles. The van der Waals surface area contributed by atoms with Gasteiger partial charge >= 0.3 is 23.9 Å². The third-order valence-corrected chi connectivity index (χ3v) is 2.07. The van der Waals surface area contributed by atoms with E-state index in [1.165, 1.54) is 0 Å². The van der Waals surface area contributed by atoms with Crippen molar-refractivity contribution < 1.29 is 4.79 Å². The van der Waals surface area contributed by atoms with Gasteiger partial charge in [-0.2, -0.15) is 0 Å². The number of nitrogens with zero attached hydrogens (tertiary/aromatic N) is 1. The quantitative estimate of drug-likeness (QED) is 0.583. The van der Waals surface area contributed by atoms with E-state index in [0.717, 1.165) is 5.69 Å². The summed E-state index contributed by atoms with van der Waals surface area (Å²) in [6.45, 7) is 2.17. The third-order valence-electron chi connectivity index (χ3n) is 2.07. The van der Waals surface area contributed by atoms with Crippen molar-refractivity contribution in [1.29, 1.82) is 0 Å². The summed E-state index contributed by atoms with van der Waals surface area (Å²) in [4.78, 5) is 11.0. The van der Waals surface area contributed by atoms with E-state index in [4.69, 9.17) is 0 Å². The van der Waals surface area contributed by atoms with Crippen molar-refractivity contribution >= 4 is 35.4 Å². The number of carbonyl (C=O) groups excluding carboxylic acids is 1. The molecule has 0 heterocycles. The molecule has 0 radical (unpaired) electrons. The molecule has 0 aliphatic rings. The Morgan fingerprint density at radius 3 is 2.14 bits per heavy atom. The van der Waals surface area contributed by atoms with Crippen molar-refractivity contribution in [3.05, 3.63) is 30.3 Å². The van der Waals surface area contributed by atoms with Crippen molar-refractivity contribution in [2.24, 2.45) is 0 Å². The zero-order valence-electron chi connectivity index (χ0n) is 8.45. The van der Waals surface area contributed by atoms with Crippen LogP contribution in [0.25, 0.3) is 0 Å². The summed E-state index contributed by atoms with van der Waals surface area (Å²) in [5, 5.41) is 0. The Balaban J connectivity index is 0.00000169.